The first-order chi connectivity index (χ1) is 9.09. The fraction of sp³-hybridized carbons (Fsp3) is 0.167. The van der Waals surface area contributed by atoms with Crippen LogP contribution in [0.15, 0.2) is 36.7 Å². The molecule has 7 heteroatoms. The quantitative estimate of drug-likeness (QED) is 0.797. The van der Waals surface area contributed by atoms with Gasteiger partial charge in [0.2, 0.25) is 5.91 Å². The highest BCUT2D eigenvalue weighted by atomic mass is 16.4. The van der Waals surface area contributed by atoms with Crippen LogP contribution in [0.2, 0.25) is 0 Å². The molecule has 0 saturated carbocycles. The van der Waals surface area contributed by atoms with Gasteiger partial charge in [-0.1, -0.05) is 17.3 Å². The van der Waals surface area contributed by atoms with Gasteiger partial charge in [0.25, 0.3) is 0 Å². The van der Waals surface area contributed by atoms with Gasteiger partial charge in [-0.25, -0.2) is 4.68 Å². The molecule has 0 aliphatic carbocycles. The Balaban J connectivity index is 2.27. The van der Waals surface area contributed by atoms with Crippen molar-refractivity contribution in [3.8, 4) is 5.69 Å². The standard InChI is InChI=1S/C12H12N4O3/c1-8(12(18)19)11(17)14-9-4-2-3-5-10(9)16-7-6-13-15-16/h2-8H,1H3,(H,14,17)(H,18,19). The lowest BCUT2D eigenvalue weighted by Gasteiger charge is -2.12. The summed E-state index contributed by atoms with van der Waals surface area (Å²) in [5.74, 6) is -2.88. The van der Waals surface area contributed by atoms with Crippen LogP contribution in [0.5, 0.6) is 0 Å². The molecule has 1 heterocycles. The number of anilines is 1. The molecule has 0 aliphatic heterocycles. The average molecular weight is 260 g/mol. The number of nitrogens with zero attached hydrogens (tertiary/aromatic N) is 3. The number of amides is 1. The molecule has 0 fully saturated rings. The number of carboxylic acids is 1. The summed E-state index contributed by atoms with van der Waals surface area (Å²) < 4.78 is 1.49. The molecule has 2 rings (SSSR count). The van der Waals surface area contributed by atoms with E-state index < -0.39 is 17.8 Å². The van der Waals surface area contributed by atoms with Crippen LogP contribution in [0.4, 0.5) is 5.69 Å². The molecule has 0 saturated heterocycles. The largest absolute Gasteiger partial charge is 0.481 e. The molecule has 1 atom stereocenters. The molecule has 1 aromatic heterocycles. The van der Waals surface area contributed by atoms with E-state index in [-0.39, 0.29) is 0 Å². The SMILES string of the molecule is CC(C(=O)O)C(=O)Nc1ccccc1-n1ccnn1. The molecule has 0 bridgehead atoms. The van der Waals surface area contributed by atoms with Crippen LogP contribution in [0.1, 0.15) is 6.92 Å². The maximum atomic E-state index is 11.7. The smallest absolute Gasteiger partial charge is 0.315 e. The van der Waals surface area contributed by atoms with E-state index in [2.05, 4.69) is 15.6 Å². The Labute approximate surface area is 108 Å². The van der Waals surface area contributed by atoms with Gasteiger partial charge in [-0.2, -0.15) is 0 Å². The minimum atomic E-state index is -1.17. The van der Waals surface area contributed by atoms with Crippen molar-refractivity contribution < 1.29 is 14.7 Å². The van der Waals surface area contributed by atoms with E-state index in [4.69, 9.17) is 5.11 Å². The predicted octanol–water partition coefficient (Wildman–Crippen LogP) is 0.926. The van der Waals surface area contributed by atoms with E-state index in [1.807, 2.05) is 0 Å². The van der Waals surface area contributed by atoms with Gasteiger partial charge in [0, 0.05) is 0 Å². The van der Waals surface area contributed by atoms with Gasteiger partial charge in [0.1, 0.15) is 5.92 Å². The highest BCUT2D eigenvalue weighted by molar-refractivity contribution is 6.04. The van der Waals surface area contributed by atoms with Gasteiger partial charge >= 0.3 is 5.97 Å². The first-order valence-electron chi connectivity index (χ1n) is 5.59. The zero-order valence-corrected chi connectivity index (χ0v) is 10.1. The van der Waals surface area contributed by atoms with Crippen molar-refractivity contribution in [2.45, 2.75) is 6.92 Å². The van der Waals surface area contributed by atoms with E-state index in [0.29, 0.717) is 11.4 Å². The van der Waals surface area contributed by atoms with Crippen LogP contribution in [-0.4, -0.2) is 32.0 Å². The first-order valence-corrected chi connectivity index (χ1v) is 5.59. The third kappa shape index (κ3) is 2.76. The summed E-state index contributed by atoms with van der Waals surface area (Å²) in [6.45, 7) is 1.33. The van der Waals surface area contributed by atoms with Gasteiger partial charge in [-0.3, -0.25) is 9.59 Å². The number of carbonyl (C=O) groups excluding carboxylic acids is 1. The fourth-order valence-corrected chi connectivity index (χ4v) is 1.47. The minimum absolute atomic E-state index is 0.478. The zero-order valence-electron chi connectivity index (χ0n) is 10.1. The molecule has 0 aliphatic rings. The summed E-state index contributed by atoms with van der Waals surface area (Å²) in [4.78, 5) is 22.5. The van der Waals surface area contributed by atoms with Crippen LogP contribution in [0, 0.1) is 5.92 Å². The highest BCUT2D eigenvalue weighted by Gasteiger charge is 2.21. The highest BCUT2D eigenvalue weighted by Crippen LogP contribution is 2.19. The Kier molecular flexibility index (Phi) is 3.56. The third-order valence-electron chi connectivity index (χ3n) is 2.59. The van der Waals surface area contributed by atoms with Crippen LogP contribution < -0.4 is 5.32 Å². The maximum absolute atomic E-state index is 11.7. The molecule has 98 valence electrons. The molecule has 0 spiro atoms. The maximum Gasteiger partial charge on any atom is 0.315 e. The lowest BCUT2D eigenvalue weighted by molar-refractivity contribution is -0.144. The zero-order chi connectivity index (χ0) is 13.8. The summed E-state index contributed by atoms with van der Waals surface area (Å²) in [7, 11) is 0. The van der Waals surface area contributed by atoms with Crippen LogP contribution in [0.25, 0.3) is 5.69 Å². The molecular weight excluding hydrogens is 248 g/mol. The Morgan fingerprint density at radius 3 is 2.74 bits per heavy atom. The Morgan fingerprint density at radius 2 is 2.11 bits per heavy atom. The van der Waals surface area contributed by atoms with E-state index in [9.17, 15) is 9.59 Å². The molecule has 7 nitrogen and oxygen atoms in total. The predicted molar refractivity (Wildman–Crippen MR) is 66.8 cm³/mol. The topological polar surface area (TPSA) is 97.1 Å². The van der Waals surface area contributed by atoms with Crippen molar-refractivity contribution in [2.75, 3.05) is 5.32 Å². The van der Waals surface area contributed by atoms with Crippen LogP contribution in [-0.2, 0) is 9.59 Å². The van der Waals surface area contributed by atoms with Gasteiger partial charge < -0.3 is 10.4 Å². The van der Waals surface area contributed by atoms with Crippen LogP contribution >= 0.6 is 0 Å². The number of aromatic nitrogens is 3. The molecule has 1 aromatic carbocycles. The number of hydrogen-bond donors (Lipinski definition) is 2. The van der Waals surface area contributed by atoms with Crippen LogP contribution in [0.3, 0.4) is 0 Å². The van der Waals surface area contributed by atoms with E-state index in [0.717, 1.165) is 0 Å². The molecule has 2 aromatic rings. The molecule has 1 amide bonds. The van der Waals surface area contributed by atoms with Crippen molar-refractivity contribution in [1.82, 2.24) is 15.0 Å². The minimum Gasteiger partial charge on any atom is -0.481 e. The molecular formula is C12H12N4O3. The number of hydrogen-bond acceptors (Lipinski definition) is 4. The second-order valence-electron chi connectivity index (χ2n) is 3.91. The van der Waals surface area contributed by atoms with Crippen molar-refractivity contribution in [2.24, 2.45) is 5.92 Å². The number of benzene rings is 1. The van der Waals surface area contributed by atoms with Gasteiger partial charge in [0.15, 0.2) is 0 Å². The summed E-state index contributed by atoms with van der Waals surface area (Å²) >= 11 is 0. The van der Waals surface area contributed by atoms with E-state index in [1.54, 1.807) is 30.5 Å². The summed E-state index contributed by atoms with van der Waals surface area (Å²) in [6.07, 6.45) is 3.14. The van der Waals surface area contributed by atoms with Gasteiger partial charge in [0.05, 0.1) is 23.8 Å². The van der Waals surface area contributed by atoms with Crippen molar-refractivity contribution >= 4 is 17.6 Å². The van der Waals surface area contributed by atoms with E-state index in [1.165, 1.54) is 17.8 Å². The summed E-state index contributed by atoms with van der Waals surface area (Å²) in [6, 6.07) is 6.94. The normalized spacial score (nSPS) is 11.8. The fourth-order valence-electron chi connectivity index (χ4n) is 1.47. The molecule has 19 heavy (non-hydrogen) atoms. The number of para-hydroxylation sites is 2. The first kappa shape index (κ1) is 12.7. The second kappa shape index (κ2) is 5.30. The van der Waals surface area contributed by atoms with Gasteiger partial charge in [-0.05, 0) is 19.1 Å². The summed E-state index contributed by atoms with van der Waals surface area (Å²) in [5, 5.41) is 18.9. The van der Waals surface area contributed by atoms with E-state index >= 15 is 0 Å². The molecule has 1 unspecified atom stereocenters. The molecule has 0 radical (unpaired) electrons. The monoisotopic (exact) mass is 260 g/mol. The van der Waals surface area contributed by atoms with Crippen molar-refractivity contribution in [3.05, 3.63) is 36.7 Å². The Morgan fingerprint density at radius 1 is 1.37 bits per heavy atom. The van der Waals surface area contributed by atoms with Crippen molar-refractivity contribution in [3.63, 3.8) is 0 Å². The lowest BCUT2D eigenvalue weighted by atomic mass is 10.1. The third-order valence-corrected chi connectivity index (χ3v) is 2.59. The lowest BCUT2D eigenvalue weighted by Crippen LogP contribution is -2.27. The van der Waals surface area contributed by atoms with Gasteiger partial charge in [-0.15, -0.1) is 5.10 Å². The number of carbonyl (C=O) groups is 2. The Hall–Kier alpha value is -2.70. The number of nitrogens with one attached hydrogen (secondary N) is 1. The second-order valence-corrected chi connectivity index (χ2v) is 3.91. The van der Waals surface area contributed by atoms with Crippen molar-refractivity contribution in [1.29, 1.82) is 0 Å². The average Bonchev–Trinajstić information content (AvgIpc) is 2.92. The number of aliphatic carboxylic acids is 1. The number of carboxylic acid groups (broad SMARTS) is 1. The summed E-state index contributed by atoms with van der Waals surface area (Å²) in [5.41, 5.74) is 1.09. The Bertz CT molecular complexity index is 595. The number of rotatable bonds is 4. The molecule has 2 N–H and O–H groups in total.